The number of benzene rings is 1. The second-order valence-electron chi connectivity index (χ2n) is 3.67. The van der Waals surface area contributed by atoms with Crippen LogP contribution in [-0.4, -0.2) is 18.2 Å². The van der Waals surface area contributed by atoms with Gasteiger partial charge in [0.2, 0.25) is 0 Å². The van der Waals surface area contributed by atoms with Gasteiger partial charge in [0.1, 0.15) is 5.52 Å². The number of fused-ring (bicyclic) bond motifs is 1. The van der Waals surface area contributed by atoms with Crippen LogP contribution in [0.25, 0.3) is 11.1 Å². The first-order chi connectivity index (χ1) is 7.79. The van der Waals surface area contributed by atoms with Crippen LogP contribution in [0.4, 0.5) is 0 Å². The average molecular weight is 220 g/mol. The Labute approximate surface area is 94.0 Å². The molecule has 0 atom stereocenters. The normalized spacial score (nSPS) is 11.1. The smallest absolute Gasteiger partial charge is 0.192 e. The summed E-state index contributed by atoms with van der Waals surface area (Å²) in [6.07, 6.45) is 0.948. The highest BCUT2D eigenvalue weighted by molar-refractivity contribution is 5.73. The van der Waals surface area contributed by atoms with Crippen LogP contribution in [0.15, 0.2) is 22.6 Å². The van der Waals surface area contributed by atoms with Gasteiger partial charge >= 0.3 is 0 Å². The van der Waals surface area contributed by atoms with Crippen molar-refractivity contribution in [3.05, 3.63) is 29.7 Å². The first-order valence-electron chi connectivity index (χ1n) is 5.30. The molecule has 86 valence electrons. The molecule has 0 bridgehead atoms. The summed E-state index contributed by atoms with van der Waals surface area (Å²) in [6, 6.07) is 6.08. The first kappa shape index (κ1) is 11.1. The molecule has 0 aliphatic rings. The van der Waals surface area contributed by atoms with E-state index in [-0.39, 0.29) is 0 Å². The van der Waals surface area contributed by atoms with Crippen molar-refractivity contribution < 1.29 is 4.42 Å². The van der Waals surface area contributed by atoms with E-state index < -0.39 is 0 Å². The molecule has 0 aliphatic carbocycles. The molecule has 0 fully saturated rings. The zero-order valence-corrected chi connectivity index (χ0v) is 9.29. The number of aryl methyl sites for hydroxylation is 1. The summed E-state index contributed by atoms with van der Waals surface area (Å²) in [4.78, 5) is 4.30. The fourth-order valence-electron chi connectivity index (χ4n) is 1.64. The second-order valence-corrected chi connectivity index (χ2v) is 3.67. The largest absolute Gasteiger partial charge is 0.441 e. The molecule has 0 saturated carbocycles. The van der Waals surface area contributed by atoms with Crippen LogP contribution in [0.1, 0.15) is 11.5 Å². The highest BCUT2D eigenvalue weighted by Crippen LogP contribution is 2.16. The van der Waals surface area contributed by atoms with E-state index in [1.807, 2.05) is 13.0 Å². The predicted molar refractivity (Wildman–Crippen MR) is 62.6 cm³/mol. The lowest BCUT2D eigenvalue weighted by Gasteiger charge is -2.03. The van der Waals surface area contributed by atoms with Crippen LogP contribution in [0.3, 0.4) is 0 Å². The summed E-state index contributed by atoms with van der Waals surface area (Å²) in [5.41, 5.74) is 5.56. The summed E-state index contributed by atoms with van der Waals surface area (Å²) < 4.78 is 5.41. The first-order valence-corrected chi connectivity index (χ1v) is 5.30. The van der Waals surface area contributed by atoms with Crippen molar-refractivity contribution in [2.24, 2.45) is 5.84 Å². The molecular formula is C11H16N4O. The number of oxazole rings is 1. The molecule has 16 heavy (non-hydrogen) atoms. The van der Waals surface area contributed by atoms with Crippen molar-refractivity contribution >= 4 is 11.1 Å². The number of hydrazine groups is 1. The summed E-state index contributed by atoms with van der Waals surface area (Å²) in [7, 11) is 0. The number of nitrogens with zero attached hydrogens (tertiary/aromatic N) is 1. The van der Waals surface area contributed by atoms with Gasteiger partial charge < -0.3 is 9.73 Å². The molecule has 1 aromatic heterocycles. The Kier molecular flexibility index (Phi) is 3.51. The average Bonchev–Trinajstić information content (AvgIpc) is 2.64. The van der Waals surface area contributed by atoms with Crippen LogP contribution in [0.5, 0.6) is 0 Å². The van der Waals surface area contributed by atoms with E-state index >= 15 is 0 Å². The van der Waals surface area contributed by atoms with Crippen molar-refractivity contribution in [3.8, 4) is 0 Å². The van der Waals surface area contributed by atoms with Gasteiger partial charge in [0.15, 0.2) is 11.5 Å². The van der Waals surface area contributed by atoms with Crippen molar-refractivity contribution in [3.63, 3.8) is 0 Å². The van der Waals surface area contributed by atoms with E-state index in [9.17, 15) is 0 Å². The van der Waals surface area contributed by atoms with E-state index in [0.717, 1.165) is 24.1 Å². The lowest BCUT2D eigenvalue weighted by Crippen LogP contribution is -2.34. The minimum atomic E-state index is 0.616. The molecule has 0 aliphatic heterocycles. The standard InChI is InChI=1S/C11H16N4O/c1-8-15-10-6-9(2-3-11(10)16-8)4-5-13-7-14-12/h2-3,6,13-14H,4-5,7,12H2,1H3. The van der Waals surface area contributed by atoms with Gasteiger partial charge in [-0.15, -0.1) is 0 Å². The molecular weight excluding hydrogens is 204 g/mol. The molecule has 0 spiro atoms. The molecule has 0 unspecified atom stereocenters. The molecule has 2 rings (SSSR count). The lowest BCUT2D eigenvalue weighted by molar-refractivity contribution is 0.561. The van der Waals surface area contributed by atoms with E-state index in [0.29, 0.717) is 12.6 Å². The molecule has 5 heteroatoms. The van der Waals surface area contributed by atoms with Gasteiger partial charge in [-0.3, -0.25) is 5.84 Å². The third kappa shape index (κ3) is 2.57. The molecule has 1 heterocycles. The number of hydrogen-bond donors (Lipinski definition) is 3. The van der Waals surface area contributed by atoms with Gasteiger partial charge in [-0.2, -0.15) is 0 Å². The monoisotopic (exact) mass is 220 g/mol. The van der Waals surface area contributed by atoms with Crippen LogP contribution in [0.2, 0.25) is 0 Å². The van der Waals surface area contributed by atoms with Gasteiger partial charge in [0, 0.05) is 13.5 Å². The fourth-order valence-corrected chi connectivity index (χ4v) is 1.64. The Morgan fingerprint density at radius 1 is 1.44 bits per heavy atom. The van der Waals surface area contributed by atoms with Gasteiger partial charge in [0.05, 0.1) is 6.67 Å². The van der Waals surface area contributed by atoms with E-state index in [2.05, 4.69) is 27.9 Å². The van der Waals surface area contributed by atoms with Crippen molar-refractivity contribution in [1.29, 1.82) is 0 Å². The molecule has 5 nitrogen and oxygen atoms in total. The molecule has 2 aromatic rings. The number of hydrogen-bond acceptors (Lipinski definition) is 5. The summed E-state index contributed by atoms with van der Waals surface area (Å²) in [6.45, 7) is 3.35. The summed E-state index contributed by atoms with van der Waals surface area (Å²) in [5, 5.41) is 3.16. The maximum atomic E-state index is 5.41. The van der Waals surface area contributed by atoms with E-state index in [4.69, 9.17) is 10.3 Å². The SMILES string of the molecule is Cc1nc2cc(CCNCNN)ccc2o1. The molecule has 4 N–H and O–H groups in total. The third-order valence-corrected chi connectivity index (χ3v) is 2.38. The quantitative estimate of drug-likeness (QED) is 0.299. The lowest BCUT2D eigenvalue weighted by atomic mass is 10.1. The third-order valence-electron chi connectivity index (χ3n) is 2.38. The number of aromatic nitrogens is 1. The zero-order valence-electron chi connectivity index (χ0n) is 9.29. The highest BCUT2D eigenvalue weighted by Gasteiger charge is 2.02. The molecule has 0 amide bonds. The van der Waals surface area contributed by atoms with Gasteiger partial charge in [0.25, 0.3) is 0 Å². The van der Waals surface area contributed by atoms with Crippen LogP contribution >= 0.6 is 0 Å². The van der Waals surface area contributed by atoms with Crippen LogP contribution in [0, 0.1) is 6.92 Å². The van der Waals surface area contributed by atoms with Crippen LogP contribution in [-0.2, 0) is 6.42 Å². The minimum Gasteiger partial charge on any atom is -0.441 e. The number of rotatable bonds is 5. The number of nitrogens with one attached hydrogen (secondary N) is 2. The Bertz CT molecular complexity index is 466. The van der Waals surface area contributed by atoms with E-state index in [1.54, 1.807) is 0 Å². The van der Waals surface area contributed by atoms with Crippen molar-refractivity contribution in [2.75, 3.05) is 13.2 Å². The Hall–Kier alpha value is -1.43. The Balaban J connectivity index is 2.02. The van der Waals surface area contributed by atoms with Crippen LogP contribution < -0.4 is 16.6 Å². The van der Waals surface area contributed by atoms with Crippen molar-refractivity contribution in [1.82, 2.24) is 15.7 Å². The molecule has 1 aromatic carbocycles. The highest BCUT2D eigenvalue weighted by atomic mass is 16.3. The maximum absolute atomic E-state index is 5.41. The minimum absolute atomic E-state index is 0.616. The van der Waals surface area contributed by atoms with Gasteiger partial charge in [-0.1, -0.05) is 6.07 Å². The topological polar surface area (TPSA) is 76.1 Å². The molecule has 0 radical (unpaired) electrons. The zero-order chi connectivity index (χ0) is 11.4. The Morgan fingerprint density at radius 3 is 3.12 bits per heavy atom. The van der Waals surface area contributed by atoms with Gasteiger partial charge in [-0.25, -0.2) is 10.4 Å². The predicted octanol–water partition coefficient (Wildman–Crippen LogP) is 0.689. The van der Waals surface area contributed by atoms with Crippen molar-refractivity contribution in [2.45, 2.75) is 13.3 Å². The van der Waals surface area contributed by atoms with E-state index in [1.165, 1.54) is 5.56 Å². The number of nitrogens with two attached hydrogens (primary N) is 1. The maximum Gasteiger partial charge on any atom is 0.192 e. The summed E-state index contributed by atoms with van der Waals surface area (Å²) in [5.74, 6) is 5.86. The van der Waals surface area contributed by atoms with Gasteiger partial charge in [-0.05, 0) is 24.1 Å². The summed E-state index contributed by atoms with van der Waals surface area (Å²) >= 11 is 0. The second kappa shape index (κ2) is 5.07. The Morgan fingerprint density at radius 2 is 2.31 bits per heavy atom. The fraction of sp³-hybridized carbons (Fsp3) is 0.364. The molecule has 0 saturated heterocycles.